The molecule has 20 heavy (non-hydrogen) atoms. The van der Waals surface area contributed by atoms with E-state index in [4.69, 9.17) is 5.11 Å². The third-order valence-electron chi connectivity index (χ3n) is 3.61. The van der Waals surface area contributed by atoms with Crippen LogP contribution in [0.5, 0.6) is 0 Å². The predicted molar refractivity (Wildman–Crippen MR) is 80.7 cm³/mol. The summed E-state index contributed by atoms with van der Waals surface area (Å²) >= 11 is 0. The Morgan fingerprint density at radius 2 is 1.70 bits per heavy atom. The number of nitrogens with one attached hydrogen (secondary N) is 1. The molecule has 0 fully saturated rings. The SMILES string of the molecule is CCC(CC)CN(CC)C(=O)NC(CC(C)C)C(=O)O. The maximum absolute atomic E-state index is 12.2. The summed E-state index contributed by atoms with van der Waals surface area (Å²) < 4.78 is 0. The maximum Gasteiger partial charge on any atom is 0.326 e. The van der Waals surface area contributed by atoms with E-state index in [0.29, 0.717) is 25.4 Å². The first-order chi connectivity index (χ1) is 9.35. The van der Waals surface area contributed by atoms with Gasteiger partial charge in [0.25, 0.3) is 0 Å². The summed E-state index contributed by atoms with van der Waals surface area (Å²) in [4.78, 5) is 25.1. The summed E-state index contributed by atoms with van der Waals surface area (Å²) in [6.07, 6.45) is 2.49. The number of rotatable bonds is 9. The summed E-state index contributed by atoms with van der Waals surface area (Å²) in [5.74, 6) is -0.273. The van der Waals surface area contributed by atoms with E-state index >= 15 is 0 Å². The van der Waals surface area contributed by atoms with Crippen LogP contribution in [0.25, 0.3) is 0 Å². The van der Waals surface area contributed by atoms with Gasteiger partial charge in [-0.05, 0) is 25.2 Å². The van der Waals surface area contributed by atoms with E-state index in [9.17, 15) is 9.59 Å². The summed E-state index contributed by atoms with van der Waals surface area (Å²) in [6.45, 7) is 11.3. The van der Waals surface area contributed by atoms with E-state index in [-0.39, 0.29) is 11.9 Å². The van der Waals surface area contributed by atoms with Crippen molar-refractivity contribution in [2.24, 2.45) is 11.8 Å². The maximum atomic E-state index is 12.2. The molecule has 0 aromatic heterocycles. The number of carboxylic acids is 1. The van der Waals surface area contributed by atoms with E-state index in [1.807, 2.05) is 20.8 Å². The lowest BCUT2D eigenvalue weighted by Crippen LogP contribution is -2.49. The summed E-state index contributed by atoms with van der Waals surface area (Å²) in [5, 5.41) is 11.8. The summed E-state index contributed by atoms with van der Waals surface area (Å²) in [5.41, 5.74) is 0. The molecule has 0 aromatic carbocycles. The van der Waals surface area contributed by atoms with Crippen molar-refractivity contribution < 1.29 is 14.7 Å². The molecule has 0 radical (unpaired) electrons. The highest BCUT2D eigenvalue weighted by Crippen LogP contribution is 2.11. The molecule has 0 aliphatic carbocycles. The van der Waals surface area contributed by atoms with Crippen molar-refractivity contribution in [2.75, 3.05) is 13.1 Å². The van der Waals surface area contributed by atoms with Crippen LogP contribution in [0.1, 0.15) is 53.9 Å². The Kier molecular flexibility index (Phi) is 9.01. The molecule has 0 heterocycles. The van der Waals surface area contributed by atoms with E-state index in [1.54, 1.807) is 4.90 Å². The third kappa shape index (κ3) is 6.78. The minimum absolute atomic E-state index is 0.227. The number of amides is 2. The van der Waals surface area contributed by atoms with Crippen molar-refractivity contribution in [3.05, 3.63) is 0 Å². The summed E-state index contributed by atoms with van der Waals surface area (Å²) in [7, 11) is 0. The second-order valence-electron chi connectivity index (χ2n) is 5.69. The van der Waals surface area contributed by atoms with Crippen LogP contribution in [-0.4, -0.2) is 41.1 Å². The van der Waals surface area contributed by atoms with Gasteiger partial charge in [-0.2, -0.15) is 0 Å². The van der Waals surface area contributed by atoms with Gasteiger partial charge in [0, 0.05) is 13.1 Å². The van der Waals surface area contributed by atoms with Gasteiger partial charge in [-0.25, -0.2) is 9.59 Å². The largest absolute Gasteiger partial charge is 0.480 e. The average Bonchev–Trinajstić information content (AvgIpc) is 2.38. The van der Waals surface area contributed by atoms with Crippen molar-refractivity contribution in [1.82, 2.24) is 10.2 Å². The van der Waals surface area contributed by atoms with Crippen LogP contribution in [-0.2, 0) is 4.79 Å². The zero-order valence-electron chi connectivity index (χ0n) is 13.5. The van der Waals surface area contributed by atoms with Gasteiger partial charge in [-0.3, -0.25) is 0 Å². The molecule has 0 spiro atoms. The van der Waals surface area contributed by atoms with Gasteiger partial charge in [-0.1, -0.05) is 40.5 Å². The number of hydrogen-bond acceptors (Lipinski definition) is 2. The van der Waals surface area contributed by atoms with Crippen LogP contribution in [0.2, 0.25) is 0 Å². The molecule has 5 heteroatoms. The number of carbonyl (C=O) groups is 2. The Bertz CT molecular complexity index is 301. The van der Waals surface area contributed by atoms with Crippen LogP contribution >= 0.6 is 0 Å². The number of carboxylic acid groups (broad SMARTS) is 1. The second kappa shape index (κ2) is 9.61. The number of hydrogen-bond donors (Lipinski definition) is 2. The Balaban J connectivity index is 4.62. The molecule has 118 valence electrons. The molecule has 0 bridgehead atoms. The highest BCUT2D eigenvalue weighted by molar-refractivity contribution is 5.82. The highest BCUT2D eigenvalue weighted by atomic mass is 16.4. The zero-order chi connectivity index (χ0) is 15.7. The average molecular weight is 286 g/mol. The Hall–Kier alpha value is -1.26. The quantitative estimate of drug-likeness (QED) is 0.684. The van der Waals surface area contributed by atoms with Crippen LogP contribution in [0.3, 0.4) is 0 Å². The van der Waals surface area contributed by atoms with E-state index in [1.165, 1.54) is 0 Å². The van der Waals surface area contributed by atoms with Gasteiger partial charge < -0.3 is 15.3 Å². The number of urea groups is 1. The minimum atomic E-state index is -0.967. The standard InChI is InChI=1S/C15H30N2O3/c1-6-12(7-2)10-17(8-3)15(20)16-13(14(18)19)9-11(4)5/h11-13H,6-10H2,1-5H3,(H,16,20)(H,18,19). The normalized spacial score (nSPS) is 12.6. The molecular weight excluding hydrogens is 256 g/mol. The van der Waals surface area contributed by atoms with Crippen LogP contribution in [0, 0.1) is 11.8 Å². The van der Waals surface area contributed by atoms with Crippen molar-refractivity contribution in [3.63, 3.8) is 0 Å². The fourth-order valence-electron chi connectivity index (χ4n) is 2.15. The molecule has 0 aromatic rings. The lowest BCUT2D eigenvalue weighted by Gasteiger charge is -2.27. The molecule has 0 rings (SSSR count). The van der Waals surface area contributed by atoms with Crippen LogP contribution in [0.4, 0.5) is 4.79 Å². The zero-order valence-corrected chi connectivity index (χ0v) is 13.5. The Labute approximate surface area is 122 Å². The van der Waals surface area contributed by atoms with Crippen molar-refractivity contribution in [1.29, 1.82) is 0 Å². The molecule has 0 aliphatic heterocycles. The van der Waals surface area contributed by atoms with Gasteiger partial charge in [0.15, 0.2) is 0 Å². The second-order valence-corrected chi connectivity index (χ2v) is 5.69. The number of carbonyl (C=O) groups excluding carboxylic acids is 1. The van der Waals surface area contributed by atoms with E-state index in [0.717, 1.165) is 12.8 Å². The van der Waals surface area contributed by atoms with Gasteiger partial charge >= 0.3 is 12.0 Å². The first kappa shape index (κ1) is 18.7. The highest BCUT2D eigenvalue weighted by Gasteiger charge is 2.24. The van der Waals surface area contributed by atoms with Crippen LogP contribution in [0.15, 0.2) is 0 Å². The summed E-state index contributed by atoms with van der Waals surface area (Å²) in [6, 6.07) is -1.08. The molecular formula is C15H30N2O3. The minimum Gasteiger partial charge on any atom is -0.480 e. The Morgan fingerprint density at radius 3 is 2.05 bits per heavy atom. The first-order valence-corrected chi connectivity index (χ1v) is 7.63. The first-order valence-electron chi connectivity index (χ1n) is 7.63. The molecule has 0 saturated heterocycles. The smallest absolute Gasteiger partial charge is 0.326 e. The Morgan fingerprint density at radius 1 is 1.15 bits per heavy atom. The van der Waals surface area contributed by atoms with Crippen molar-refractivity contribution in [2.45, 2.75) is 59.9 Å². The molecule has 1 atom stereocenters. The van der Waals surface area contributed by atoms with Gasteiger partial charge in [0.05, 0.1) is 0 Å². The third-order valence-corrected chi connectivity index (χ3v) is 3.61. The van der Waals surface area contributed by atoms with Gasteiger partial charge in [0.2, 0.25) is 0 Å². The fourth-order valence-corrected chi connectivity index (χ4v) is 2.15. The van der Waals surface area contributed by atoms with Gasteiger partial charge in [-0.15, -0.1) is 0 Å². The van der Waals surface area contributed by atoms with Gasteiger partial charge in [0.1, 0.15) is 6.04 Å². The molecule has 0 aliphatic rings. The molecule has 0 saturated carbocycles. The molecule has 1 unspecified atom stereocenters. The predicted octanol–water partition coefficient (Wildman–Crippen LogP) is 2.95. The van der Waals surface area contributed by atoms with E-state index in [2.05, 4.69) is 19.2 Å². The van der Waals surface area contributed by atoms with E-state index < -0.39 is 12.0 Å². The fraction of sp³-hybridized carbons (Fsp3) is 0.867. The number of nitrogens with zero attached hydrogens (tertiary/aromatic N) is 1. The lowest BCUT2D eigenvalue weighted by atomic mass is 10.0. The molecule has 5 nitrogen and oxygen atoms in total. The van der Waals surface area contributed by atoms with Crippen molar-refractivity contribution in [3.8, 4) is 0 Å². The van der Waals surface area contributed by atoms with Crippen molar-refractivity contribution >= 4 is 12.0 Å². The number of aliphatic carboxylic acids is 1. The topological polar surface area (TPSA) is 69.6 Å². The molecule has 2 N–H and O–H groups in total. The lowest BCUT2D eigenvalue weighted by molar-refractivity contribution is -0.139. The van der Waals surface area contributed by atoms with Crippen LogP contribution < -0.4 is 5.32 Å². The monoisotopic (exact) mass is 286 g/mol. The molecule has 2 amide bonds.